The highest BCUT2D eigenvalue weighted by atomic mass is 16.5. The Morgan fingerprint density at radius 2 is 1.81 bits per heavy atom. The summed E-state index contributed by atoms with van der Waals surface area (Å²) in [7, 11) is 0. The number of anilines is 1. The Bertz CT molecular complexity index is 811. The van der Waals surface area contributed by atoms with Gasteiger partial charge in [0.05, 0.1) is 6.04 Å². The fourth-order valence-electron chi connectivity index (χ4n) is 3.53. The van der Waals surface area contributed by atoms with E-state index in [2.05, 4.69) is 22.8 Å². The molecule has 2 N–H and O–H groups in total. The molecule has 1 saturated carbocycles. The van der Waals surface area contributed by atoms with Crippen LogP contribution in [-0.4, -0.2) is 24.5 Å². The van der Waals surface area contributed by atoms with Crippen LogP contribution in [0.1, 0.15) is 47.6 Å². The first-order valence-electron chi connectivity index (χ1n) is 9.59. The first-order valence-corrected chi connectivity index (χ1v) is 9.59. The summed E-state index contributed by atoms with van der Waals surface area (Å²) < 4.78 is 5.41. The molecule has 0 aromatic heterocycles. The average molecular weight is 364 g/mol. The average Bonchev–Trinajstić information content (AvgIpc) is 3.39. The van der Waals surface area contributed by atoms with Crippen molar-refractivity contribution in [2.24, 2.45) is 5.92 Å². The molecule has 2 fully saturated rings. The van der Waals surface area contributed by atoms with Crippen LogP contribution in [0.3, 0.4) is 0 Å². The second kappa shape index (κ2) is 7.92. The lowest BCUT2D eigenvalue weighted by Gasteiger charge is -2.19. The Hall–Kier alpha value is -2.66. The normalized spacial score (nSPS) is 20.1. The van der Waals surface area contributed by atoms with Crippen molar-refractivity contribution in [1.29, 1.82) is 0 Å². The van der Waals surface area contributed by atoms with Gasteiger partial charge in [0.1, 0.15) is 6.10 Å². The SMILES string of the molecule is O=C(N[C@@H](c1ccccc1)C1CC1)c1cccc(NC(=O)[C@@H]2CCCO2)c1. The zero-order valence-electron chi connectivity index (χ0n) is 15.2. The third kappa shape index (κ3) is 4.37. The van der Waals surface area contributed by atoms with E-state index in [0.29, 0.717) is 23.8 Å². The summed E-state index contributed by atoms with van der Waals surface area (Å²) >= 11 is 0. The van der Waals surface area contributed by atoms with Crippen LogP contribution in [0, 0.1) is 5.92 Å². The van der Waals surface area contributed by atoms with Crippen LogP contribution >= 0.6 is 0 Å². The highest BCUT2D eigenvalue weighted by molar-refractivity contribution is 5.98. The molecular formula is C22H24N2O3. The predicted molar refractivity (Wildman–Crippen MR) is 103 cm³/mol. The molecule has 2 aromatic carbocycles. The van der Waals surface area contributed by atoms with Gasteiger partial charge in [0, 0.05) is 17.9 Å². The van der Waals surface area contributed by atoms with Crippen LogP contribution in [0.5, 0.6) is 0 Å². The van der Waals surface area contributed by atoms with E-state index in [-0.39, 0.29) is 24.0 Å². The molecule has 27 heavy (non-hydrogen) atoms. The molecule has 4 rings (SSSR count). The largest absolute Gasteiger partial charge is 0.368 e. The highest BCUT2D eigenvalue weighted by Crippen LogP contribution is 2.41. The van der Waals surface area contributed by atoms with Gasteiger partial charge in [0.25, 0.3) is 11.8 Å². The van der Waals surface area contributed by atoms with Gasteiger partial charge in [-0.2, -0.15) is 0 Å². The van der Waals surface area contributed by atoms with Crippen LogP contribution in [0.2, 0.25) is 0 Å². The maximum atomic E-state index is 12.8. The minimum absolute atomic E-state index is 0.0313. The lowest BCUT2D eigenvalue weighted by molar-refractivity contribution is -0.124. The number of rotatable bonds is 6. The molecular weight excluding hydrogens is 340 g/mol. The van der Waals surface area contributed by atoms with Crippen molar-refractivity contribution in [2.45, 2.75) is 37.8 Å². The number of carbonyl (C=O) groups is 2. The molecule has 2 amide bonds. The maximum Gasteiger partial charge on any atom is 0.253 e. The van der Waals surface area contributed by atoms with Crippen molar-refractivity contribution in [3.05, 3.63) is 65.7 Å². The minimum Gasteiger partial charge on any atom is -0.368 e. The summed E-state index contributed by atoms with van der Waals surface area (Å²) in [5.41, 5.74) is 2.30. The molecule has 1 aliphatic carbocycles. The second-order valence-corrected chi connectivity index (χ2v) is 7.27. The van der Waals surface area contributed by atoms with E-state index in [9.17, 15) is 9.59 Å². The monoisotopic (exact) mass is 364 g/mol. The van der Waals surface area contributed by atoms with E-state index in [1.54, 1.807) is 24.3 Å². The highest BCUT2D eigenvalue weighted by Gasteiger charge is 2.33. The Morgan fingerprint density at radius 1 is 1.00 bits per heavy atom. The van der Waals surface area contributed by atoms with Gasteiger partial charge < -0.3 is 15.4 Å². The van der Waals surface area contributed by atoms with Crippen molar-refractivity contribution in [1.82, 2.24) is 5.32 Å². The Morgan fingerprint density at radius 3 is 2.52 bits per heavy atom. The van der Waals surface area contributed by atoms with Gasteiger partial charge in [0.15, 0.2) is 0 Å². The summed E-state index contributed by atoms with van der Waals surface area (Å²) in [5.74, 6) is 0.230. The second-order valence-electron chi connectivity index (χ2n) is 7.27. The fraction of sp³-hybridized carbons (Fsp3) is 0.364. The van der Waals surface area contributed by atoms with Crippen LogP contribution in [0.25, 0.3) is 0 Å². The number of hydrogen-bond donors (Lipinski definition) is 2. The van der Waals surface area contributed by atoms with Crippen molar-refractivity contribution < 1.29 is 14.3 Å². The fourth-order valence-corrected chi connectivity index (χ4v) is 3.53. The number of nitrogens with one attached hydrogen (secondary N) is 2. The number of amides is 2. The van der Waals surface area contributed by atoms with Crippen molar-refractivity contribution in [2.75, 3.05) is 11.9 Å². The van der Waals surface area contributed by atoms with Crippen molar-refractivity contribution in [3.63, 3.8) is 0 Å². The molecule has 5 nitrogen and oxygen atoms in total. The Balaban J connectivity index is 1.44. The van der Waals surface area contributed by atoms with Gasteiger partial charge in [-0.1, -0.05) is 36.4 Å². The first kappa shape index (κ1) is 17.7. The minimum atomic E-state index is -0.389. The van der Waals surface area contributed by atoms with E-state index in [1.807, 2.05) is 18.2 Å². The summed E-state index contributed by atoms with van der Waals surface area (Å²) in [4.78, 5) is 25.0. The quantitative estimate of drug-likeness (QED) is 0.821. The molecule has 5 heteroatoms. The zero-order valence-corrected chi connectivity index (χ0v) is 15.2. The molecule has 0 unspecified atom stereocenters. The molecule has 0 spiro atoms. The summed E-state index contributed by atoms with van der Waals surface area (Å²) in [6.07, 6.45) is 3.53. The molecule has 0 bridgehead atoms. The Kier molecular flexibility index (Phi) is 5.21. The topological polar surface area (TPSA) is 67.4 Å². The van der Waals surface area contributed by atoms with E-state index in [1.165, 1.54) is 0 Å². The summed E-state index contributed by atoms with van der Waals surface area (Å²) in [6, 6.07) is 17.2. The standard InChI is InChI=1S/C22H24N2O3/c25-21(24-20(16-11-12-16)15-6-2-1-3-7-15)17-8-4-9-18(14-17)23-22(26)19-10-5-13-27-19/h1-4,6-9,14,16,19-20H,5,10-13H2,(H,23,26)(H,24,25)/t19-,20-/m0/s1. The van der Waals surface area contributed by atoms with Gasteiger partial charge in [-0.15, -0.1) is 0 Å². The van der Waals surface area contributed by atoms with Gasteiger partial charge in [-0.3, -0.25) is 9.59 Å². The third-order valence-electron chi connectivity index (χ3n) is 5.15. The lowest BCUT2D eigenvalue weighted by atomic mass is 10.0. The van der Waals surface area contributed by atoms with Crippen LogP contribution in [0.15, 0.2) is 54.6 Å². The van der Waals surface area contributed by atoms with Gasteiger partial charge in [-0.05, 0) is 55.4 Å². The Labute approximate surface area is 159 Å². The zero-order chi connectivity index (χ0) is 18.6. The first-order chi connectivity index (χ1) is 13.2. The molecule has 1 saturated heterocycles. The molecule has 0 radical (unpaired) electrons. The number of hydrogen-bond acceptors (Lipinski definition) is 3. The van der Waals surface area contributed by atoms with Crippen LogP contribution in [-0.2, 0) is 9.53 Å². The number of ether oxygens (including phenoxy) is 1. The van der Waals surface area contributed by atoms with E-state index in [0.717, 1.165) is 31.2 Å². The number of carbonyl (C=O) groups excluding carboxylic acids is 2. The van der Waals surface area contributed by atoms with Crippen molar-refractivity contribution in [3.8, 4) is 0 Å². The van der Waals surface area contributed by atoms with E-state index in [4.69, 9.17) is 4.74 Å². The van der Waals surface area contributed by atoms with E-state index >= 15 is 0 Å². The third-order valence-corrected chi connectivity index (χ3v) is 5.15. The van der Waals surface area contributed by atoms with Crippen molar-refractivity contribution >= 4 is 17.5 Å². The van der Waals surface area contributed by atoms with E-state index < -0.39 is 0 Å². The summed E-state index contributed by atoms with van der Waals surface area (Å²) in [5, 5.41) is 6.03. The van der Waals surface area contributed by atoms with Gasteiger partial charge in [-0.25, -0.2) is 0 Å². The predicted octanol–water partition coefficient (Wildman–Crippen LogP) is 3.69. The summed E-state index contributed by atoms with van der Waals surface area (Å²) in [6.45, 7) is 0.628. The molecule has 140 valence electrons. The molecule has 2 atom stereocenters. The molecule has 1 aliphatic heterocycles. The molecule has 2 aromatic rings. The van der Waals surface area contributed by atoms with Crippen LogP contribution in [0.4, 0.5) is 5.69 Å². The van der Waals surface area contributed by atoms with Gasteiger partial charge >= 0.3 is 0 Å². The smallest absolute Gasteiger partial charge is 0.253 e. The maximum absolute atomic E-state index is 12.8. The van der Waals surface area contributed by atoms with Gasteiger partial charge in [0.2, 0.25) is 0 Å². The lowest BCUT2D eigenvalue weighted by Crippen LogP contribution is -2.30. The van der Waals surface area contributed by atoms with Crippen LogP contribution < -0.4 is 10.6 Å². The molecule has 2 aliphatic rings. The number of benzene rings is 2. The molecule has 1 heterocycles.